The summed E-state index contributed by atoms with van der Waals surface area (Å²) in [6, 6.07) is 8.44. The van der Waals surface area contributed by atoms with Crippen LogP contribution in [0.1, 0.15) is 29.6 Å². The van der Waals surface area contributed by atoms with Gasteiger partial charge in [0.1, 0.15) is 0 Å². The van der Waals surface area contributed by atoms with E-state index in [4.69, 9.17) is 4.74 Å². The van der Waals surface area contributed by atoms with Gasteiger partial charge in [-0.2, -0.15) is 0 Å². The molecule has 1 unspecified atom stereocenters. The molecule has 3 rings (SSSR count). The molecule has 18 heavy (non-hydrogen) atoms. The van der Waals surface area contributed by atoms with Crippen molar-refractivity contribution in [3.63, 3.8) is 0 Å². The predicted molar refractivity (Wildman–Crippen MR) is 69.8 cm³/mol. The number of benzene rings is 1. The summed E-state index contributed by atoms with van der Waals surface area (Å²) < 4.78 is 5.33. The average molecular weight is 246 g/mol. The van der Waals surface area contributed by atoms with E-state index in [1.165, 1.54) is 0 Å². The van der Waals surface area contributed by atoms with Crippen molar-refractivity contribution < 1.29 is 9.53 Å². The van der Waals surface area contributed by atoms with E-state index in [-0.39, 0.29) is 5.91 Å². The number of hydrogen-bond acceptors (Lipinski definition) is 3. The van der Waals surface area contributed by atoms with Crippen LogP contribution in [0.3, 0.4) is 0 Å². The van der Waals surface area contributed by atoms with Crippen LogP contribution in [-0.2, 0) is 4.74 Å². The van der Waals surface area contributed by atoms with Gasteiger partial charge in [-0.25, -0.2) is 0 Å². The summed E-state index contributed by atoms with van der Waals surface area (Å²) in [5.41, 5.74) is 1.72. The molecule has 2 fully saturated rings. The van der Waals surface area contributed by atoms with Gasteiger partial charge in [0.15, 0.2) is 0 Å². The lowest BCUT2D eigenvalue weighted by Crippen LogP contribution is -2.25. The maximum Gasteiger partial charge on any atom is 0.251 e. The monoisotopic (exact) mass is 246 g/mol. The minimum atomic E-state index is 0.0313. The quantitative estimate of drug-likeness (QED) is 0.851. The van der Waals surface area contributed by atoms with Crippen LogP contribution in [0.5, 0.6) is 0 Å². The van der Waals surface area contributed by atoms with Crippen LogP contribution in [0.4, 0.5) is 5.69 Å². The standard InChI is InChI=1S/C14H18N2O2/c17-14(16-11-4-5-11)10-2-1-3-12(8-10)15-13-6-7-18-9-13/h1-3,8,11,13,15H,4-7,9H2,(H,16,17). The highest BCUT2D eigenvalue weighted by molar-refractivity contribution is 5.95. The Balaban J connectivity index is 1.65. The van der Waals surface area contributed by atoms with Crippen LogP contribution in [0.15, 0.2) is 24.3 Å². The lowest BCUT2D eigenvalue weighted by atomic mass is 10.1. The lowest BCUT2D eigenvalue weighted by Gasteiger charge is -2.13. The SMILES string of the molecule is O=C(NC1CC1)c1cccc(NC2CCOC2)c1. The number of rotatable bonds is 4. The molecule has 1 saturated carbocycles. The fourth-order valence-electron chi connectivity index (χ4n) is 2.13. The van der Waals surface area contributed by atoms with Gasteiger partial charge in [0.05, 0.1) is 12.6 Å². The second kappa shape index (κ2) is 4.98. The Morgan fingerprint density at radius 2 is 2.11 bits per heavy atom. The summed E-state index contributed by atoms with van der Waals surface area (Å²) in [6.07, 6.45) is 3.25. The molecule has 1 aromatic rings. The molecule has 1 heterocycles. The first-order valence-electron chi connectivity index (χ1n) is 6.56. The second-order valence-corrected chi connectivity index (χ2v) is 5.03. The summed E-state index contributed by atoms with van der Waals surface area (Å²) in [5.74, 6) is 0.0313. The molecular weight excluding hydrogens is 228 g/mol. The van der Waals surface area contributed by atoms with Gasteiger partial charge in [0.2, 0.25) is 0 Å². The topological polar surface area (TPSA) is 50.4 Å². The van der Waals surface area contributed by atoms with Gasteiger partial charge in [-0.3, -0.25) is 4.79 Å². The number of anilines is 1. The van der Waals surface area contributed by atoms with E-state index in [0.717, 1.165) is 43.7 Å². The Morgan fingerprint density at radius 3 is 2.83 bits per heavy atom. The molecule has 2 N–H and O–H groups in total. The van der Waals surface area contributed by atoms with E-state index in [1.807, 2.05) is 24.3 Å². The van der Waals surface area contributed by atoms with Crippen LogP contribution < -0.4 is 10.6 Å². The zero-order chi connectivity index (χ0) is 12.4. The van der Waals surface area contributed by atoms with Crippen LogP contribution in [0.25, 0.3) is 0 Å². The van der Waals surface area contributed by atoms with Crippen molar-refractivity contribution in [3.05, 3.63) is 29.8 Å². The third-order valence-corrected chi connectivity index (χ3v) is 3.34. The highest BCUT2D eigenvalue weighted by Gasteiger charge is 2.24. The molecule has 1 aliphatic carbocycles. The van der Waals surface area contributed by atoms with Gasteiger partial charge < -0.3 is 15.4 Å². The number of nitrogens with one attached hydrogen (secondary N) is 2. The average Bonchev–Trinajstić information content (AvgIpc) is 3.04. The maximum atomic E-state index is 11.9. The van der Waals surface area contributed by atoms with Crippen LogP contribution in [0, 0.1) is 0 Å². The van der Waals surface area contributed by atoms with E-state index < -0.39 is 0 Å². The number of amides is 1. The minimum Gasteiger partial charge on any atom is -0.380 e. The van der Waals surface area contributed by atoms with E-state index in [0.29, 0.717) is 12.1 Å². The molecule has 2 aliphatic rings. The molecular formula is C14H18N2O2. The van der Waals surface area contributed by atoms with Gasteiger partial charge in [0.25, 0.3) is 5.91 Å². The van der Waals surface area contributed by atoms with Crippen LogP contribution in [0.2, 0.25) is 0 Å². The van der Waals surface area contributed by atoms with Crippen molar-refractivity contribution >= 4 is 11.6 Å². The Morgan fingerprint density at radius 1 is 1.22 bits per heavy atom. The molecule has 1 atom stereocenters. The molecule has 4 heteroatoms. The molecule has 1 saturated heterocycles. The van der Waals surface area contributed by atoms with Gasteiger partial charge in [-0.1, -0.05) is 6.07 Å². The van der Waals surface area contributed by atoms with Crippen LogP contribution >= 0.6 is 0 Å². The smallest absolute Gasteiger partial charge is 0.251 e. The fraction of sp³-hybridized carbons (Fsp3) is 0.500. The Hall–Kier alpha value is -1.55. The first-order valence-corrected chi connectivity index (χ1v) is 6.56. The normalized spacial score (nSPS) is 22.8. The summed E-state index contributed by atoms with van der Waals surface area (Å²) >= 11 is 0. The zero-order valence-electron chi connectivity index (χ0n) is 10.3. The zero-order valence-corrected chi connectivity index (χ0v) is 10.3. The summed E-state index contributed by atoms with van der Waals surface area (Å²) in [5, 5.41) is 6.40. The first-order chi connectivity index (χ1) is 8.81. The summed E-state index contributed by atoms with van der Waals surface area (Å²) in [4.78, 5) is 11.9. The van der Waals surface area contributed by atoms with E-state index in [1.54, 1.807) is 0 Å². The van der Waals surface area contributed by atoms with Crippen molar-refractivity contribution in [1.82, 2.24) is 5.32 Å². The lowest BCUT2D eigenvalue weighted by molar-refractivity contribution is 0.0951. The van der Waals surface area contributed by atoms with E-state index >= 15 is 0 Å². The van der Waals surface area contributed by atoms with Gasteiger partial charge >= 0.3 is 0 Å². The first kappa shape index (κ1) is 11.5. The maximum absolute atomic E-state index is 11.9. The largest absolute Gasteiger partial charge is 0.380 e. The molecule has 96 valence electrons. The third-order valence-electron chi connectivity index (χ3n) is 3.34. The fourth-order valence-corrected chi connectivity index (χ4v) is 2.13. The molecule has 0 aromatic heterocycles. The van der Waals surface area contributed by atoms with Crippen LogP contribution in [-0.4, -0.2) is 31.2 Å². The molecule has 4 nitrogen and oxygen atoms in total. The highest BCUT2D eigenvalue weighted by Crippen LogP contribution is 2.20. The summed E-state index contributed by atoms with van der Waals surface area (Å²) in [6.45, 7) is 1.57. The Bertz CT molecular complexity index is 437. The van der Waals surface area contributed by atoms with E-state index in [9.17, 15) is 4.79 Å². The van der Waals surface area contributed by atoms with Crippen molar-refractivity contribution in [2.24, 2.45) is 0 Å². The van der Waals surface area contributed by atoms with Crippen molar-refractivity contribution in [3.8, 4) is 0 Å². The molecule has 1 amide bonds. The van der Waals surface area contributed by atoms with Crippen molar-refractivity contribution in [2.45, 2.75) is 31.3 Å². The molecule has 1 aliphatic heterocycles. The predicted octanol–water partition coefficient (Wildman–Crippen LogP) is 1.78. The summed E-state index contributed by atoms with van der Waals surface area (Å²) in [7, 11) is 0. The van der Waals surface area contributed by atoms with Crippen molar-refractivity contribution in [2.75, 3.05) is 18.5 Å². The number of ether oxygens (including phenoxy) is 1. The molecule has 1 aromatic carbocycles. The third kappa shape index (κ3) is 2.82. The Kier molecular flexibility index (Phi) is 3.19. The van der Waals surface area contributed by atoms with E-state index in [2.05, 4.69) is 10.6 Å². The van der Waals surface area contributed by atoms with Gasteiger partial charge in [0, 0.05) is 23.9 Å². The molecule has 0 radical (unpaired) electrons. The number of carbonyl (C=O) groups excluding carboxylic acids is 1. The highest BCUT2D eigenvalue weighted by atomic mass is 16.5. The molecule has 0 bridgehead atoms. The minimum absolute atomic E-state index is 0.0313. The van der Waals surface area contributed by atoms with Gasteiger partial charge in [-0.05, 0) is 37.5 Å². The number of carbonyl (C=O) groups is 1. The number of hydrogen-bond donors (Lipinski definition) is 2. The van der Waals surface area contributed by atoms with Gasteiger partial charge in [-0.15, -0.1) is 0 Å². The van der Waals surface area contributed by atoms with Crippen molar-refractivity contribution in [1.29, 1.82) is 0 Å². The second-order valence-electron chi connectivity index (χ2n) is 5.03. The Labute approximate surface area is 107 Å². The molecule has 0 spiro atoms.